The number of rotatable bonds is 2. The Morgan fingerprint density at radius 2 is 1.86 bits per heavy atom. The van der Waals surface area contributed by atoms with Crippen molar-refractivity contribution in [1.29, 1.82) is 0 Å². The number of carbonyl (C=O) groups excluding carboxylic acids is 2. The van der Waals surface area contributed by atoms with Gasteiger partial charge in [0, 0.05) is 24.7 Å². The second-order valence-corrected chi connectivity index (χ2v) is 10.3. The molecule has 1 saturated heterocycles. The van der Waals surface area contributed by atoms with Gasteiger partial charge in [0.05, 0.1) is 5.60 Å². The topological polar surface area (TPSA) is 93.1 Å². The average Bonchev–Trinajstić information content (AvgIpc) is 2.55. The predicted octanol–water partition coefficient (Wildman–Crippen LogP) is 2.55. The lowest BCUT2D eigenvalue weighted by Gasteiger charge is -2.70. The van der Waals surface area contributed by atoms with E-state index in [1.54, 1.807) is 13.8 Å². The normalized spacial score (nSPS) is 50.3. The maximum Gasteiger partial charge on any atom is 0.303 e. The fraction of sp³-hybridized carbons (Fsp3) is 0.818. The fourth-order valence-corrected chi connectivity index (χ4v) is 6.71. The van der Waals surface area contributed by atoms with Gasteiger partial charge < -0.3 is 19.7 Å². The van der Waals surface area contributed by atoms with Gasteiger partial charge in [0.15, 0.2) is 11.4 Å². The third-order valence-electron chi connectivity index (χ3n) is 7.89. The van der Waals surface area contributed by atoms with E-state index in [1.807, 2.05) is 20.8 Å². The van der Waals surface area contributed by atoms with Gasteiger partial charge in [0.1, 0.15) is 17.8 Å². The van der Waals surface area contributed by atoms with Crippen LogP contribution in [0.3, 0.4) is 0 Å². The third kappa shape index (κ3) is 2.50. The van der Waals surface area contributed by atoms with E-state index >= 15 is 0 Å². The molecule has 1 aliphatic heterocycles. The smallest absolute Gasteiger partial charge is 0.303 e. The van der Waals surface area contributed by atoms with E-state index in [0.29, 0.717) is 6.42 Å². The summed E-state index contributed by atoms with van der Waals surface area (Å²) >= 11 is 0. The second kappa shape index (κ2) is 6.13. The van der Waals surface area contributed by atoms with Crippen LogP contribution in [0.4, 0.5) is 0 Å². The summed E-state index contributed by atoms with van der Waals surface area (Å²) in [4.78, 5) is 25.4. The second-order valence-electron chi connectivity index (χ2n) is 10.3. The van der Waals surface area contributed by atoms with E-state index in [-0.39, 0.29) is 17.6 Å². The van der Waals surface area contributed by atoms with Gasteiger partial charge in [-0.25, -0.2) is 0 Å². The lowest BCUT2D eigenvalue weighted by Crippen LogP contribution is -2.84. The van der Waals surface area contributed by atoms with Crippen LogP contribution in [0.15, 0.2) is 12.7 Å². The van der Waals surface area contributed by atoms with Crippen molar-refractivity contribution in [1.82, 2.24) is 0 Å². The number of ketones is 1. The van der Waals surface area contributed by atoms with Gasteiger partial charge in [0.2, 0.25) is 0 Å². The largest absolute Gasteiger partial charge is 0.459 e. The standard InChI is InChI=1S/C22H34O6/c1-8-19(5)12-14(24)22(26)20(6)11-9-10-18(3,4)16(20)15(27-13(2)23)17(25)21(22,7)28-19/h8,15-17,25-26H,1,9-12H2,2-7H3/t15-,16-,17+,19-,20-,21+,22-/m0/s1. The van der Waals surface area contributed by atoms with E-state index in [0.717, 1.165) is 12.8 Å². The first kappa shape index (κ1) is 21.5. The fourth-order valence-electron chi connectivity index (χ4n) is 6.71. The molecule has 2 saturated carbocycles. The van der Waals surface area contributed by atoms with Crippen molar-refractivity contribution in [3.63, 3.8) is 0 Å². The summed E-state index contributed by atoms with van der Waals surface area (Å²) in [6.07, 6.45) is 1.52. The van der Waals surface area contributed by atoms with Gasteiger partial charge in [-0.2, -0.15) is 0 Å². The van der Waals surface area contributed by atoms with Crippen molar-refractivity contribution >= 4 is 11.8 Å². The third-order valence-corrected chi connectivity index (χ3v) is 7.89. The quantitative estimate of drug-likeness (QED) is 0.552. The Morgan fingerprint density at radius 1 is 1.25 bits per heavy atom. The summed E-state index contributed by atoms with van der Waals surface area (Å²) in [5, 5.41) is 23.5. The first-order valence-electron chi connectivity index (χ1n) is 10.1. The van der Waals surface area contributed by atoms with Gasteiger partial charge in [-0.1, -0.05) is 33.3 Å². The van der Waals surface area contributed by atoms with E-state index in [1.165, 1.54) is 13.0 Å². The molecule has 0 unspecified atom stereocenters. The molecule has 6 nitrogen and oxygen atoms in total. The number of aliphatic hydroxyl groups is 2. The van der Waals surface area contributed by atoms with Crippen LogP contribution in [-0.4, -0.2) is 51.0 Å². The van der Waals surface area contributed by atoms with Crippen molar-refractivity contribution in [2.45, 2.75) is 96.2 Å². The minimum atomic E-state index is -1.90. The molecule has 3 fully saturated rings. The highest BCUT2D eigenvalue weighted by molar-refractivity contribution is 5.92. The highest BCUT2D eigenvalue weighted by Gasteiger charge is 2.79. The molecule has 0 aromatic heterocycles. The molecule has 0 amide bonds. The highest BCUT2D eigenvalue weighted by Crippen LogP contribution is 2.67. The lowest BCUT2D eigenvalue weighted by molar-refractivity contribution is -0.357. The molecule has 0 radical (unpaired) electrons. The van der Waals surface area contributed by atoms with Gasteiger partial charge in [-0.3, -0.25) is 9.59 Å². The summed E-state index contributed by atoms with van der Waals surface area (Å²) in [7, 11) is 0. The number of carbonyl (C=O) groups is 2. The molecule has 0 spiro atoms. The molecule has 158 valence electrons. The van der Waals surface area contributed by atoms with Crippen molar-refractivity contribution in [2.24, 2.45) is 16.7 Å². The number of ether oxygens (including phenoxy) is 2. The zero-order valence-electron chi connectivity index (χ0n) is 17.9. The van der Waals surface area contributed by atoms with Crippen LogP contribution in [-0.2, 0) is 19.1 Å². The first-order chi connectivity index (χ1) is 12.7. The molecule has 0 bridgehead atoms. The summed E-state index contributed by atoms with van der Waals surface area (Å²) in [6, 6.07) is 0. The molecule has 2 N–H and O–H groups in total. The van der Waals surface area contributed by atoms with E-state index in [2.05, 4.69) is 6.58 Å². The van der Waals surface area contributed by atoms with Crippen LogP contribution in [0.25, 0.3) is 0 Å². The monoisotopic (exact) mass is 394 g/mol. The Morgan fingerprint density at radius 3 is 2.39 bits per heavy atom. The van der Waals surface area contributed by atoms with Crippen molar-refractivity contribution in [2.75, 3.05) is 0 Å². The maximum absolute atomic E-state index is 13.5. The minimum absolute atomic E-state index is 0.0176. The highest BCUT2D eigenvalue weighted by atomic mass is 16.6. The zero-order valence-corrected chi connectivity index (χ0v) is 17.9. The average molecular weight is 395 g/mol. The molecule has 3 rings (SSSR count). The van der Waals surface area contributed by atoms with Crippen LogP contribution in [0.1, 0.15) is 67.2 Å². The molecular weight excluding hydrogens is 360 g/mol. The minimum Gasteiger partial charge on any atom is -0.459 e. The Hall–Kier alpha value is -1.24. The van der Waals surface area contributed by atoms with Gasteiger partial charge in [-0.05, 0) is 32.1 Å². The summed E-state index contributed by atoms with van der Waals surface area (Å²) in [5.41, 5.74) is -5.81. The van der Waals surface area contributed by atoms with Gasteiger partial charge in [0.25, 0.3) is 0 Å². The van der Waals surface area contributed by atoms with Gasteiger partial charge >= 0.3 is 5.97 Å². The molecule has 7 atom stereocenters. The summed E-state index contributed by atoms with van der Waals surface area (Å²) in [6.45, 7) is 14.3. The van der Waals surface area contributed by atoms with Crippen molar-refractivity contribution in [3.8, 4) is 0 Å². The maximum atomic E-state index is 13.5. The summed E-state index contributed by atoms with van der Waals surface area (Å²) in [5.74, 6) is -1.25. The lowest BCUT2D eigenvalue weighted by atomic mass is 9.40. The Labute approximate surface area is 167 Å². The van der Waals surface area contributed by atoms with Crippen molar-refractivity contribution < 1.29 is 29.3 Å². The van der Waals surface area contributed by atoms with E-state index in [9.17, 15) is 19.8 Å². The number of Topliss-reactive ketones (excluding diaryl/α,β-unsaturated/α-hetero) is 1. The number of hydrogen-bond acceptors (Lipinski definition) is 6. The van der Waals surface area contributed by atoms with Crippen LogP contribution in [0.2, 0.25) is 0 Å². The number of hydrogen-bond donors (Lipinski definition) is 2. The molecule has 28 heavy (non-hydrogen) atoms. The number of fused-ring (bicyclic) bond motifs is 3. The van der Waals surface area contributed by atoms with E-state index in [4.69, 9.17) is 9.47 Å². The molecular formula is C22H34O6. The molecule has 0 aromatic rings. The SMILES string of the molecule is C=C[C@@]1(C)CC(=O)[C@]2(O)[C@@]3(C)CCCC(C)(C)[C@@H]3[C@H](OC(C)=O)[C@@H](O)[C@@]2(C)O1. The van der Waals surface area contributed by atoms with Crippen LogP contribution in [0, 0.1) is 16.7 Å². The number of esters is 1. The first-order valence-corrected chi connectivity index (χ1v) is 10.1. The van der Waals surface area contributed by atoms with Gasteiger partial charge in [-0.15, -0.1) is 6.58 Å². The molecule has 6 heteroatoms. The molecule has 3 aliphatic rings. The van der Waals surface area contributed by atoms with Crippen molar-refractivity contribution in [3.05, 3.63) is 12.7 Å². The molecule has 0 aromatic carbocycles. The molecule has 2 aliphatic carbocycles. The number of aliphatic hydroxyl groups excluding tert-OH is 1. The van der Waals surface area contributed by atoms with E-state index < -0.39 is 46.3 Å². The van der Waals surface area contributed by atoms with Crippen LogP contribution >= 0.6 is 0 Å². The zero-order chi connectivity index (χ0) is 21.3. The predicted molar refractivity (Wildman–Crippen MR) is 103 cm³/mol. The Kier molecular flexibility index (Phi) is 4.70. The Bertz CT molecular complexity index is 716. The van der Waals surface area contributed by atoms with Crippen LogP contribution in [0.5, 0.6) is 0 Å². The Balaban J connectivity index is 2.27. The van der Waals surface area contributed by atoms with Crippen LogP contribution < -0.4 is 0 Å². The summed E-state index contributed by atoms with van der Waals surface area (Å²) < 4.78 is 11.9. The molecule has 1 heterocycles.